The second kappa shape index (κ2) is 4.15. The highest BCUT2D eigenvalue weighted by molar-refractivity contribution is 5.34. The van der Waals surface area contributed by atoms with Crippen LogP contribution in [0.1, 0.15) is 23.6 Å². The van der Waals surface area contributed by atoms with E-state index in [2.05, 4.69) is 16.3 Å². The summed E-state index contributed by atoms with van der Waals surface area (Å²) in [7, 11) is 0. The summed E-state index contributed by atoms with van der Waals surface area (Å²) >= 11 is 0. The lowest BCUT2D eigenvalue weighted by Crippen LogP contribution is -2.45. The molecule has 3 rings (SSSR count). The van der Waals surface area contributed by atoms with Gasteiger partial charge >= 0.3 is 0 Å². The third-order valence-electron chi connectivity index (χ3n) is 3.67. The van der Waals surface area contributed by atoms with Gasteiger partial charge in [0.2, 0.25) is 0 Å². The minimum atomic E-state index is -0.0461. The quantitative estimate of drug-likeness (QED) is 0.816. The molecule has 86 valence electrons. The topological polar surface area (TPSA) is 15.3 Å². The summed E-state index contributed by atoms with van der Waals surface area (Å²) in [6.45, 7) is 4.26. The highest BCUT2D eigenvalue weighted by Crippen LogP contribution is 2.27. The Morgan fingerprint density at radius 1 is 1.38 bits per heavy atom. The van der Waals surface area contributed by atoms with Gasteiger partial charge in [0.15, 0.2) is 0 Å². The van der Waals surface area contributed by atoms with E-state index in [0.29, 0.717) is 0 Å². The van der Waals surface area contributed by atoms with Gasteiger partial charge in [0.1, 0.15) is 5.82 Å². The zero-order chi connectivity index (χ0) is 11.0. The van der Waals surface area contributed by atoms with E-state index < -0.39 is 0 Å². The highest BCUT2D eigenvalue weighted by atomic mass is 19.1. The summed E-state index contributed by atoms with van der Waals surface area (Å²) in [5.41, 5.74) is 2.09. The van der Waals surface area contributed by atoms with Gasteiger partial charge in [-0.3, -0.25) is 0 Å². The van der Waals surface area contributed by atoms with Crippen LogP contribution in [0, 0.1) is 5.82 Å². The van der Waals surface area contributed by atoms with Crippen LogP contribution in [0.2, 0.25) is 0 Å². The molecule has 1 atom stereocenters. The normalized spacial score (nSPS) is 24.9. The second-order valence-electron chi connectivity index (χ2n) is 4.72. The lowest BCUT2D eigenvalue weighted by Gasteiger charge is -2.36. The van der Waals surface area contributed by atoms with Crippen LogP contribution < -0.4 is 5.32 Å². The number of hydrogen-bond donors (Lipinski definition) is 1. The Balaban J connectivity index is 1.86. The Labute approximate surface area is 95.4 Å². The van der Waals surface area contributed by atoms with Crippen LogP contribution in [0.5, 0.6) is 0 Å². The molecule has 0 bridgehead atoms. The maximum absolute atomic E-state index is 13.8. The summed E-state index contributed by atoms with van der Waals surface area (Å²) in [6.07, 6.45) is 2.24. The molecular formula is C13H17FN2. The third-order valence-corrected chi connectivity index (χ3v) is 3.67. The largest absolute Gasteiger partial charge is 0.308 e. The summed E-state index contributed by atoms with van der Waals surface area (Å²) in [4.78, 5) is 2.39. The molecule has 2 nitrogen and oxygen atoms in total. The number of benzene rings is 1. The molecule has 16 heavy (non-hydrogen) atoms. The Morgan fingerprint density at radius 2 is 2.25 bits per heavy atom. The van der Waals surface area contributed by atoms with Crippen molar-refractivity contribution in [2.75, 3.05) is 26.2 Å². The zero-order valence-corrected chi connectivity index (χ0v) is 9.38. The summed E-state index contributed by atoms with van der Waals surface area (Å²) in [5.74, 6) is -0.0461. The second-order valence-corrected chi connectivity index (χ2v) is 4.72. The molecule has 0 saturated carbocycles. The number of nitrogens with zero attached hydrogens (tertiary/aromatic N) is 1. The average Bonchev–Trinajstić information content (AvgIpc) is 2.24. The first-order valence-electron chi connectivity index (χ1n) is 6.07. The van der Waals surface area contributed by atoms with Gasteiger partial charge in [0.05, 0.1) is 0 Å². The van der Waals surface area contributed by atoms with Gasteiger partial charge in [-0.25, -0.2) is 4.39 Å². The molecule has 1 fully saturated rings. The summed E-state index contributed by atoms with van der Waals surface area (Å²) < 4.78 is 13.8. The first-order valence-corrected chi connectivity index (χ1v) is 6.07. The van der Waals surface area contributed by atoms with Crippen LogP contribution in [0.25, 0.3) is 0 Å². The van der Waals surface area contributed by atoms with E-state index in [1.165, 1.54) is 25.1 Å². The molecule has 2 heterocycles. The van der Waals surface area contributed by atoms with Crippen molar-refractivity contribution >= 4 is 0 Å². The molecule has 0 aromatic heterocycles. The van der Waals surface area contributed by atoms with E-state index >= 15 is 0 Å². The van der Waals surface area contributed by atoms with Crippen LogP contribution in [0.15, 0.2) is 18.2 Å². The van der Waals surface area contributed by atoms with Crippen LogP contribution >= 0.6 is 0 Å². The first-order chi connectivity index (χ1) is 7.84. The monoisotopic (exact) mass is 220 g/mol. The SMILES string of the molecule is Fc1cccc2c1C(CN1CCC1)NCC2. The van der Waals surface area contributed by atoms with Gasteiger partial charge in [-0.05, 0) is 44.1 Å². The lowest BCUT2D eigenvalue weighted by atomic mass is 9.93. The molecule has 1 saturated heterocycles. The van der Waals surface area contributed by atoms with Crippen molar-refractivity contribution in [3.05, 3.63) is 35.1 Å². The Morgan fingerprint density at radius 3 is 3.00 bits per heavy atom. The molecule has 0 radical (unpaired) electrons. The van der Waals surface area contributed by atoms with Gasteiger partial charge in [-0.1, -0.05) is 12.1 Å². The van der Waals surface area contributed by atoms with Crippen molar-refractivity contribution in [3.63, 3.8) is 0 Å². The van der Waals surface area contributed by atoms with Crippen LogP contribution in [-0.4, -0.2) is 31.1 Å². The van der Waals surface area contributed by atoms with Crippen molar-refractivity contribution in [2.24, 2.45) is 0 Å². The van der Waals surface area contributed by atoms with Crippen molar-refractivity contribution in [1.29, 1.82) is 0 Å². The number of halogens is 1. The van der Waals surface area contributed by atoms with E-state index in [0.717, 1.165) is 25.1 Å². The minimum absolute atomic E-state index is 0.0461. The fourth-order valence-electron chi connectivity index (χ4n) is 2.65. The Bertz CT molecular complexity index is 388. The fourth-order valence-corrected chi connectivity index (χ4v) is 2.65. The number of fused-ring (bicyclic) bond motifs is 1. The maximum Gasteiger partial charge on any atom is 0.128 e. The van der Waals surface area contributed by atoms with Crippen molar-refractivity contribution < 1.29 is 4.39 Å². The van der Waals surface area contributed by atoms with Crippen LogP contribution in [0.3, 0.4) is 0 Å². The first kappa shape index (κ1) is 10.2. The molecule has 1 aromatic rings. The van der Waals surface area contributed by atoms with Crippen molar-refractivity contribution in [2.45, 2.75) is 18.9 Å². The number of nitrogens with one attached hydrogen (secondary N) is 1. The molecular weight excluding hydrogens is 203 g/mol. The fraction of sp³-hybridized carbons (Fsp3) is 0.538. The van der Waals surface area contributed by atoms with Crippen molar-refractivity contribution in [3.8, 4) is 0 Å². The lowest BCUT2D eigenvalue weighted by molar-refractivity contribution is 0.158. The van der Waals surface area contributed by atoms with Gasteiger partial charge in [-0.2, -0.15) is 0 Å². The molecule has 2 aliphatic rings. The molecule has 1 N–H and O–H groups in total. The van der Waals surface area contributed by atoms with Gasteiger partial charge in [-0.15, -0.1) is 0 Å². The average molecular weight is 220 g/mol. The number of hydrogen-bond acceptors (Lipinski definition) is 2. The van der Waals surface area contributed by atoms with Crippen LogP contribution in [0.4, 0.5) is 4.39 Å². The zero-order valence-electron chi connectivity index (χ0n) is 9.38. The van der Waals surface area contributed by atoms with E-state index in [-0.39, 0.29) is 11.9 Å². The van der Waals surface area contributed by atoms with Crippen LogP contribution in [-0.2, 0) is 6.42 Å². The number of rotatable bonds is 2. The van der Waals surface area contributed by atoms with Gasteiger partial charge < -0.3 is 10.2 Å². The van der Waals surface area contributed by atoms with Gasteiger partial charge in [0, 0.05) is 18.2 Å². The molecule has 2 aliphatic heterocycles. The van der Waals surface area contributed by atoms with E-state index in [4.69, 9.17) is 0 Å². The molecule has 1 aromatic carbocycles. The summed E-state index contributed by atoms with van der Waals surface area (Å²) in [5, 5.41) is 3.43. The highest BCUT2D eigenvalue weighted by Gasteiger charge is 2.26. The van der Waals surface area contributed by atoms with E-state index in [1.54, 1.807) is 6.07 Å². The molecule has 1 unspecified atom stereocenters. The third kappa shape index (κ3) is 1.74. The molecule has 0 amide bonds. The van der Waals surface area contributed by atoms with E-state index in [9.17, 15) is 4.39 Å². The number of likely N-dealkylation sites (tertiary alicyclic amines) is 1. The maximum atomic E-state index is 13.8. The standard InChI is InChI=1S/C13H17FN2/c14-11-4-1-3-10-5-6-15-12(13(10)11)9-16-7-2-8-16/h1,3-4,12,15H,2,5-9H2. The minimum Gasteiger partial charge on any atom is -0.308 e. The summed E-state index contributed by atoms with van der Waals surface area (Å²) in [6, 6.07) is 5.64. The smallest absolute Gasteiger partial charge is 0.128 e. The Hall–Kier alpha value is -0.930. The van der Waals surface area contributed by atoms with Crippen molar-refractivity contribution in [1.82, 2.24) is 10.2 Å². The Kier molecular flexibility index (Phi) is 2.65. The predicted octanol–water partition coefficient (Wildman–Crippen LogP) is 1.72. The molecule has 3 heteroatoms. The molecule has 0 spiro atoms. The van der Waals surface area contributed by atoms with E-state index in [1.807, 2.05) is 6.07 Å². The predicted molar refractivity (Wildman–Crippen MR) is 61.9 cm³/mol. The van der Waals surface area contributed by atoms with Gasteiger partial charge in [0.25, 0.3) is 0 Å². The molecule has 0 aliphatic carbocycles.